The topological polar surface area (TPSA) is 72.2 Å². The Morgan fingerprint density at radius 2 is 2.21 bits per heavy atom. The third-order valence-electron chi connectivity index (χ3n) is 2.72. The van der Waals surface area contributed by atoms with E-state index in [9.17, 15) is 9.00 Å². The molecule has 1 aromatic rings. The highest BCUT2D eigenvalue weighted by molar-refractivity contribution is 7.86. The fourth-order valence-electron chi connectivity index (χ4n) is 1.47. The van der Waals surface area contributed by atoms with Crippen LogP contribution in [0.15, 0.2) is 23.1 Å². The van der Waals surface area contributed by atoms with Crippen LogP contribution in [0, 0.1) is 0 Å². The normalized spacial score (nSPS) is 13.8. The van der Waals surface area contributed by atoms with Crippen molar-refractivity contribution < 1.29 is 9.00 Å². The molecule has 19 heavy (non-hydrogen) atoms. The maximum Gasteiger partial charge on any atom is 0.235 e. The summed E-state index contributed by atoms with van der Waals surface area (Å²) in [6, 6.07) is 4.77. The zero-order chi connectivity index (χ0) is 14.4. The van der Waals surface area contributed by atoms with Gasteiger partial charge in [0, 0.05) is 11.4 Å². The highest BCUT2D eigenvalue weighted by Gasteiger charge is 2.21. The van der Waals surface area contributed by atoms with Crippen LogP contribution in [-0.2, 0) is 15.6 Å². The summed E-state index contributed by atoms with van der Waals surface area (Å²) in [5.41, 5.74) is 6.03. The van der Waals surface area contributed by atoms with Crippen LogP contribution in [0.3, 0.4) is 0 Å². The fourth-order valence-corrected chi connectivity index (χ4v) is 2.83. The summed E-state index contributed by atoms with van der Waals surface area (Å²) >= 11 is 5.88. The number of nitrogens with one attached hydrogen (secondary N) is 1. The molecule has 0 spiro atoms. The van der Waals surface area contributed by atoms with E-state index in [0.717, 1.165) is 12.8 Å². The third-order valence-corrected chi connectivity index (χ3v) is 4.63. The predicted octanol–water partition coefficient (Wildman–Crippen LogP) is 2.33. The molecule has 0 fully saturated rings. The molecule has 106 valence electrons. The maximum atomic E-state index is 12.2. The Hall–Kier alpha value is -1.07. The number of amides is 1. The summed E-state index contributed by atoms with van der Waals surface area (Å²) in [7, 11) is -1.43. The first-order valence-electron chi connectivity index (χ1n) is 6.20. The van der Waals surface area contributed by atoms with E-state index in [4.69, 9.17) is 17.3 Å². The van der Waals surface area contributed by atoms with Gasteiger partial charge in [-0.1, -0.05) is 24.9 Å². The first-order valence-corrected chi connectivity index (χ1v) is 7.79. The number of nitrogen functional groups attached to an aromatic ring is 1. The van der Waals surface area contributed by atoms with Gasteiger partial charge in [-0.2, -0.15) is 0 Å². The molecule has 6 heteroatoms. The number of unbranched alkanes of at least 4 members (excludes halogenated alkanes) is 1. The zero-order valence-corrected chi connectivity index (χ0v) is 12.7. The van der Waals surface area contributed by atoms with Crippen LogP contribution in [0.5, 0.6) is 0 Å². The molecule has 0 heterocycles. The van der Waals surface area contributed by atoms with Gasteiger partial charge < -0.3 is 11.1 Å². The summed E-state index contributed by atoms with van der Waals surface area (Å²) in [6.07, 6.45) is 1.92. The van der Waals surface area contributed by atoms with E-state index in [1.54, 1.807) is 25.1 Å². The van der Waals surface area contributed by atoms with Gasteiger partial charge in [-0.15, -0.1) is 0 Å². The molecule has 1 aromatic carbocycles. The van der Waals surface area contributed by atoms with Crippen LogP contribution in [0.1, 0.15) is 26.7 Å². The van der Waals surface area contributed by atoms with Crippen molar-refractivity contribution in [3.63, 3.8) is 0 Å². The van der Waals surface area contributed by atoms with Crippen LogP contribution >= 0.6 is 11.6 Å². The lowest BCUT2D eigenvalue weighted by Gasteiger charge is -2.12. The van der Waals surface area contributed by atoms with E-state index in [2.05, 4.69) is 5.32 Å². The number of hydrogen-bond donors (Lipinski definition) is 2. The van der Waals surface area contributed by atoms with Gasteiger partial charge >= 0.3 is 0 Å². The highest BCUT2D eigenvalue weighted by Crippen LogP contribution is 2.22. The minimum atomic E-state index is -1.43. The minimum absolute atomic E-state index is 0.209. The Balaban J connectivity index is 2.70. The molecule has 1 rings (SSSR count). The lowest BCUT2D eigenvalue weighted by Crippen LogP contribution is -2.35. The Kier molecular flexibility index (Phi) is 6.31. The molecule has 0 aliphatic heterocycles. The van der Waals surface area contributed by atoms with Crippen LogP contribution in [0.25, 0.3) is 0 Å². The maximum absolute atomic E-state index is 12.2. The number of anilines is 1. The molecule has 0 aliphatic carbocycles. The molecular weight excluding hydrogens is 284 g/mol. The number of hydrogen-bond acceptors (Lipinski definition) is 3. The van der Waals surface area contributed by atoms with Crippen molar-refractivity contribution in [3.8, 4) is 0 Å². The van der Waals surface area contributed by atoms with E-state index < -0.39 is 16.0 Å². The number of carbonyl (C=O) groups is 1. The standard InChI is InChI=1S/C13H19ClN2O2S/c1-3-4-7-16-13(17)9(2)19(18)10-5-6-12(15)11(14)8-10/h5-6,8-9H,3-4,7,15H2,1-2H3,(H,16,17). The van der Waals surface area contributed by atoms with Crippen molar-refractivity contribution >= 4 is 34.0 Å². The lowest BCUT2D eigenvalue weighted by atomic mass is 10.3. The van der Waals surface area contributed by atoms with Gasteiger partial charge in [0.15, 0.2) is 0 Å². The Labute approximate surface area is 121 Å². The second-order valence-electron chi connectivity index (χ2n) is 4.27. The second kappa shape index (κ2) is 7.50. The summed E-state index contributed by atoms with van der Waals surface area (Å²) in [5.74, 6) is -0.209. The second-order valence-corrected chi connectivity index (χ2v) is 6.45. The Morgan fingerprint density at radius 1 is 1.53 bits per heavy atom. The number of carbonyl (C=O) groups excluding carboxylic acids is 1. The van der Waals surface area contributed by atoms with Crippen LogP contribution in [-0.4, -0.2) is 21.9 Å². The lowest BCUT2D eigenvalue weighted by molar-refractivity contribution is -0.120. The largest absolute Gasteiger partial charge is 0.398 e. The van der Waals surface area contributed by atoms with E-state index in [1.807, 2.05) is 6.92 Å². The summed E-state index contributed by atoms with van der Waals surface area (Å²) in [6.45, 7) is 4.30. The monoisotopic (exact) mass is 302 g/mol. The van der Waals surface area contributed by atoms with Crippen molar-refractivity contribution in [1.82, 2.24) is 5.32 Å². The predicted molar refractivity (Wildman–Crippen MR) is 79.7 cm³/mol. The third kappa shape index (κ3) is 4.51. The van der Waals surface area contributed by atoms with E-state index >= 15 is 0 Å². The summed E-state index contributed by atoms with van der Waals surface area (Å²) < 4.78 is 12.2. The van der Waals surface area contributed by atoms with Gasteiger partial charge in [-0.25, -0.2) is 0 Å². The minimum Gasteiger partial charge on any atom is -0.398 e. The van der Waals surface area contributed by atoms with Crippen LogP contribution < -0.4 is 11.1 Å². The highest BCUT2D eigenvalue weighted by atomic mass is 35.5. The van der Waals surface area contributed by atoms with E-state index in [1.165, 1.54) is 0 Å². The van der Waals surface area contributed by atoms with Crippen molar-refractivity contribution in [3.05, 3.63) is 23.2 Å². The molecule has 0 radical (unpaired) electrons. The number of benzene rings is 1. The van der Waals surface area contributed by atoms with E-state index in [-0.39, 0.29) is 5.91 Å². The number of rotatable bonds is 6. The molecule has 0 aromatic heterocycles. The Morgan fingerprint density at radius 3 is 2.79 bits per heavy atom. The first kappa shape index (κ1) is 16.0. The quantitative estimate of drug-likeness (QED) is 0.626. The first-order chi connectivity index (χ1) is 8.97. The van der Waals surface area contributed by atoms with Crippen LogP contribution in [0.2, 0.25) is 5.02 Å². The Bertz CT molecular complexity index is 480. The zero-order valence-electron chi connectivity index (χ0n) is 11.1. The van der Waals surface area contributed by atoms with E-state index in [0.29, 0.717) is 22.2 Å². The molecular formula is C13H19ClN2O2S. The van der Waals surface area contributed by atoms with Gasteiger partial charge in [0.05, 0.1) is 21.5 Å². The molecule has 0 bridgehead atoms. The summed E-state index contributed by atoms with van der Waals surface area (Å²) in [5, 5.41) is 2.51. The molecule has 2 atom stereocenters. The van der Waals surface area contributed by atoms with Crippen molar-refractivity contribution in [1.29, 1.82) is 0 Å². The smallest absolute Gasteiger partial charge is 0.235 e. The molecule has 2 unspecified atom stereocenters. The van der Waals surface area contributed by atoms with Crippen molar-refractivity contribution in [2.45, 2.75) is 36.8 Å². The number of halogens is 1. The molecule has 0 aliphatic rings. The number of nitrogens with two attached hydrogens (primary N) is 1. The van der Waals surface area contributed by atoms with Gasteiger partial charge in [0.25, 0.3) is 0 Å². The fraction of sp³-hybridized carbons (Fsp3) is 0.462. The molecule has 0 saturated carbocycles. The van der Waals surface area contributed by atoms with Gasteiger partial charge in [-0.05, 0) is 31.5 Å². The van der Waals surface area contributed by atoms with Gasteiger partial charge in [0.1, 0.15) is 5.25 Å². The molecule has 0 saturated heterocycles. The average molecular weight is 303 g/mol. The molecule has 1 amide bonds. The van der Waals surface area contributed by atoms with Crippen molar-refractivity contribution in [2.24, 2.45) is 0 Å². The SMILES string of the molecule is CCCCNC(=O)C(C)S(=O)c1ccc(N)c(Cl)c1. The van der Waals surface area contributed by atoms with Gasteiger partial charge in [-0.3, -0.25) is 9.00 Å². The van der Waals surface area contributed by atoms with Gasteiger partial charge in [0.2, 0.25) is 5.91 Å². The average Bonchev–Trinajstić information content (AvgIpc) is 2.40. The molecule has 3 N–H and O–H groups in total. The molecule has 4 nitrogen and oxygen atoms in total. The van der Waals surface area contributed by atoms with Crippen LogP contribution in [0.4, 0.5) is 5.69 Å². The summed E-state index contributed by atoms with van der Waals surface area (Å²) in [4.78, 5) is 12.3. The van der Waals surface area contributed by atoms with Crippen molar-refractivity contribution in [2.75, 3.05) is 12.3 Å².